The van der Waals surface area contributed by atoms with Gasteiger partial charge in [0, 0.05) is 24.2 Å². The SMILES string of the molecule is Cc1ccc(C(=O)NCC(=O)OCC(=O)N(CCC(N)=O)c2ccc(F)cc2)cc1C. The molecule has 3 amide bonds. The molecule has 0 aliphatic carbocycles. The van der Waals surface area contributed by atoms with E-state index in [1.807, 2.05) is 13.8 Å². The van der Waals surface area contributed by atoms with E-state index >= 15 is 0 Å². The molecule has 0 aliphatic rings. The van der Waals surface area contributed by atoms with E-state index in [9.17, 15) is 23.6 Å². The number of carbonyl (C=O) groups is 4. The van der Waals surface area contributed by atoms with Crippen molar-refractivity contribution < 1.29 is 28.3 Å². The van der Waals surface area contributed by atoms with Gasteiger partial charge in [0.2, 0.25) is 5.91 Å². The lowest BCUT2D eigenvalue weighted by Gasteiger charge is -2.22. The Hall–Kier alpha value is -3.75. The molecular weight excluding hydrogens is 405 g/mol. The van der Waals surface area contributed by atoms with Gasteiger partial charge in [0.05, 0.1) is 0 Å². The molecule has 0 aromatic heterocycles. The summed E-state index contributed by atoms with van der Waals surface area (Å²) in [5, 5.41) is 2.44. The molecule has 8 nitrogen and oxygen atoms in total. The quantitative estimate of drug-likeness (QED) is 0.587. The molecule has 0 bridgehead atoms. The number of primary amides is 1. The highest BCUT2D eigenvalue weighted by atomic mass is 19.1. The summed E-state index contributed by atoms with van der Waals surface area (Å²) in [5.41, 5.74) is 7.85. The third kappa shape index (κ3) is 7.22. The number of amides is 3. The van der Waals surface area contributed by atoms with Crippen molar-refractivity contribution in [2.75, 3.05) is 24.6 Å². The van der Waals surface area contributed by atoms with Crippen LogP contribution in [0.25, 0.3) is 0 Å². The number of rotatable bonds is 9. The third-order valence-electron chi connectivity index (χ3n) is 4.54. The summed E-state index contributed by atoms with van der Waals surface area (Å²) < 4.78 is 18.1. The maximum absolute atomic E-state index is 13.2. The van der Waals surface area contributed by atoms with E-state index in [-0.39, 0.29) is 13.0 Å². The van der Waals surface area contributed by atoms with Crippen LogP contribution in [0, 0.1) is 19.7 Å². The first-order chi connectivity index (χ1) is 14.7. The number of anilines is 1. The molecule has 0 fully saturated rings. The monoisotopic (exact) mass is 429 g/mol. The summed E-state index contributed by atoms with van der Waals surface area (Å²) in [6.07, 6.45) is -0.122. The Morgan fingerprint density at radius 2 is 1.71 bits per heavy atom. The van der Waals surface area contributed by atoms with Crippen molar-refractivity contribution in [3.05, 3.63) is 65.0 Å². The number of nitrogens with one attached hydrogen (secondary N) is 1. The topological polar surface area (TPSA) is 119 Å². The Morgan fingerprint density at radius 1 is 1.03 bits per heavy atom. The number of ether oxygens (including phenoxy) is 1. The number of aryl methyl sites for hydroxylation is 2. The molecular formula is C22H24FN3O5. The first kappa shape index (κ1) is 23.5. The van der Waals surface area contributed by atoms with E-state index in [0.29, 0.717) is 11.3 Å². The second-order valence-corrected chi connectivity index (χ2v) is 6.88. The normalized spacial score (nSPS) is 10.3. The summed E-state index contributed by atoms with van der Waals surface area (Å²) >= 11 is 0. The van der Waals surface area contributed by atoms with E-state index in [0.717, 1.165) is 23.3 Å². The summed E-state index contributed by atoms with van der Waals surface area (Å²) in [6, 6.07) is 10.2. The Kier molecular flexibility index (Phi) is 8.25. The van der Waals surface area contributed by atoms with Gasteiger partial charge in [0.1, 0.15) is 12.4 Å². The van der Waals surface area contributed by atoms with Gasteiger partial charge in [-0.1, -0.05) is 6.07 Å². The minimum absolute atomic E-state index is 0.0547. The van der Waals surface area contributed by atoms with Gasteiger partial charge in [-0.15, -0.1) is 0 Å². The van der Waals surface area contributed by atoms with Gasteiger partial charge in [-0.25, -0.2) is 4.39 Å². The molecule has 0 saturated carbocycles. The first-order valence-electron chi connectivity index (χ1n) is 9.52. The largest absolute Gasteiger partial charge is 0.454 e. The highest BCUT2D eigenvalue weighted by Gasteiger charge is 2.19. The Morgan fingerprint density at radius 3 is 2.32 bits per heavy atom. The van der Waals surface area contributed by atoms with Crippen LogP contribution in [0.3, 0.4) is 0 Å². The minimum Gasteiger partial charge on any atom is -0.454 e. The van der Waals surface area contributed by atoms with Crippen LogP contribution >= 0.6 is 0 Å². The van der Waals surface area contributed by atoms with Crippen molar-refractivity contribution in [2.45, 2.75) is 20.3 Å². The van der Waals surface area contributed by atoms with Crippen LogP contribution in [-0.2, 0) is 19.1 Å². The van der Waals surface area contributed by atoms with Crippen molar-refractivity contribution in [3.8, 4) is 0 Å². The van der Waals surface area contributed by atoms with Crippen molar-refractivity contribution >= 4 is 29.4 Å². The van der Waals surface area contributed by atoms with Gasteiger partial charge in [-0.3, -0.25) is 19.2 Å². The summed E-state index contributed by atoms with van der Waals surface area (Å²) in [5.74, 6) is -2.98. The fourth-order valence-electron chi connectivity index (χ4n) is 2.65. The fraction of sp³-hybridized carbons (Fsp3) is 0.273. The van der Waals surface area contributed by atoms with E-state index in [4.69, 9.17) is 10.5 Å². The lowest BCUT2D eigenvalue weighted by molar-refractivity contribution is -0.146. The zero-order chi connectivity index (χ0) is 23.0. The average molecular weight is 429 g/mol. The molecule has 0 unspecified atom stereocenters. The zero-order valence-corrected chi connectivity index (χ0v) is 17.3. The Balaban J connectivity index is 1.90. The second kappa shape index (κ2) is 10.9. The first-order valence-corrected chi connectivity index (χ1v) is 9.52. The standard InChI is InChI=1S/C22H24FN3O5/c1-14-3-4-16(11-15(14)2)22(30)25-12-21(29)31-13-20(28)26(10-9-19(24)27)18-7-5-17(23)6-8-18/h3-8,11H,9-10,12-13H2,1-2H3,(H2,24,27)(H,25,30). The van der Waals surface area contributed by atoms with Crippen molar-refractivity contribution in [2.24, 2.45) is 5.73 Å². The third-order valence-corrected chi connectivity index (χ3v) is 4.54. The van der Waals surface area contributed by atoms with Gasteiger partial charge in [-0.05, 0) is 61.4 Å². The van der Waals surface area contributed by atoms with Crippen LogP contribution < -0.4 is 16.0 Å². The van der Waals surface area contributed by atoms with E-state index in [1.165, 1.54) is 17.0 Å². The molecule has 0 heterocycles. The van der Waals surface area contributed by atoms with Crippen LogP contribution in [0.4, 0.5) is 10.1 Å². The van der Waals surface area contributed by atoms with E-state index in [2.05, 4.69) is 5.32 Å². The molecule has 0 radical (unpaired) electrons. The molecule has 2 aromatic carbocycles. The molecule has 31 heavy (non-hydrogen) atoms. The molecule has 0 spiro atoms. The second-order valence-electron chi connectivity index (χ2n) is 6.88. The number of benzene rings is 2. The number of nitrogens with zero attached hydrogens (tertiary/aromatic N) is 1. The number of halogens is 1. The van der Waals surface area contributed by atoms with Gasteiger partial charge < -0.3 is 20.7 Å². The molecule has 2 aromatic rings. The van der Waals surface area contributed by atoms with Gasteiger partial charge in [-0.2, -0.15) is 0 Å². The number of hydrogen-bond donors (Lipinski definition) is 2. The van der Waals surface area contributed by atoms with E-state index in [1.54, 1.807) is 18.2 Å². The summed E-state index contributed by atoms with van der Waals surface area (Å²) in [7, 11) is 0. The van der Waals surface area contributed by atoms with Crippen molar-refractivity contribution in [1.29, 1.82) is 0 Å². The van der Waals surface area contributed by atoms with Crippen LogP contribution in [0.15, 0.2) is 42.5 Å². The Bertz CT molecular complexity index is 976. The molecule has 0 saturated heterocycles. The van der Waals surface area contributed by atoms with E-state index < -0.39 is 42.7 Å². The predicted molar refractivity (Wildman–Crippen MR) is 112 cm³/mol. The number of nitrogens with two attached hydrogens (primary N) is 1. The molecule has 164 valence electrons. The lowest BCUT2D eigenvalue weighted by Crippen LogP contribution is -2.38. The van der Waals surface area contributed by atoms with Gasteiger partial charge >= 0.3 is 5.97 Å². The summed E-state index contributed by atoms with van der Waals surface area (Å²) in [4.78, 5) is 48.8. The molecule has 0 atom stereocenters. The van der Waals surface area contributed by atoms with Crippen LogP contribution in [0.2, 0.25) is 0 Å². The maximum atomic E-state index is 13.2. The molecule has 9 heteroatoms. The number of esters is 1. The van der Waals surface area contributed by atoms with Gasteiger partial charge in [0.15, 0.2) is 6.61 Å². The summed E-state index contributed by atoms with van der Waals surface area (Å²) in [6.45, 7) is 2.70. The van der Waals surface area contributed by atoms with Crippen LogP contribution in [0.5, 0.6) is 0 Å². The van der Waals surface area contributed by atoms with Crippen molar-refractivity contribution in [3.63, 3.8) is 0 Å². The average Bonchev–Trinajstić information content (AvgIpc) is 2.73. The molecule has 3 N–H and O–H groups in total. The fourth-order valence-corrected chi connectivity index (χ4v) is 2.65. The highest BCUT2D eigenvalue weighted by Crippen LogP contribution is 2.16. The van der Waals surface area contributed by atoms with Gasteiger partial charge in [0.25, 0.3) is 11.8 Å². The minimum atomic E-state index is -0.806. The zero-order valence-electron chi connectivity index (χ0n) is 17.3. The number of hydrogen-bond acceptors (Lipinski definition) is 5. The number of carbonyl (C=O) groups excluding carboxylic acids is 4. The highest BCUT2D eigenvalue weighted by molar-refractivity contribution is 5.97. The van der Waals surface area contributed by atoms with Crippen LogP contribution in [-0.4, -0.2) is 43.4 Å². The predicted octanol–water partition coefficient (Wildman–Crippen LogP) is 1.62. The maximum Gasteiger partial charge on any atom is 0.325 e. The van der Waals surface area contributed by atoms with Crippen molar-refractivity contribution in [1.82, 2.24) is 5.32 Å². The smallest absolute Gasteiger partial charge is 0.325 e. The lowest BCUT2D eigenvalue weighted by atomic mass is 10.1. The molecule has 2 rings (SSSR count). The molecule has 0 aliphatic heterocycles. The van der Waals surface area contributed by atoms with Crippen LogP contribution in [0.1, 0.15) is 27.9 Å². The Labute approximate surface area is 179 Å².